The van der Waals surface area contributed by atoms with Crippen LogP contribution >= 0.6 is 24.0 Å². The molecule has 2 aromatic rings. The Morgan fingerprint density at radius 3 is 2.31 bits per heavy atom. The minimum atomic E-state index is -3.49. The molecule has 2 aromatic carbocycles. The van der Waals surface area contributed by atoms with E-state index in [0.717, 1.165) is 38.0 Å². The number of likely N-dealkylation sites (tertiary alicyclic amines) is 1. The largest absolute Gasteiger partial charge is 0.354 e. The number of piperidine rings is 1. The summed E-state index contributed by atoms with van der Waals surface area (Å²) < 4.78 is 26.4. The van der Waals surface area contributed by atoms with Gasteiger partial charge in [0.15, 0.2) is 5.96 Å². The van der Waals surface area contributed by atoms with Crippen molar-refractivity contribution in [2.24, 2.45) is 4.99 Å². The highest BCUT2D eigenvalue weighted by atomic mass is 127. The maximum Gasteiger partial charge on any atom is 0.242 e. The SMILES string of the molecule is CN=C(NCc1ccccc1S(=O)(=O)N(C)C)NC1CCN(Cc2ccccc2)CC1.I. The first kappa shape index (κ1) is 26.6. The summed E-state index contributed by atoms with van der Waals surface area (Å²) in [6.07, 6.45) is 2.08. The molecule has 0 aromatic heterocycles. The molecule has 0 amide bonds. The Kier molecular flexibility index (Phi) is 10.4. The zero-order valence-electron chi connectivity index (χ0n) is 19.0. The van der Waals surface area contributed by atoms with E-state index in [1.165, 1.54) is 9.87 Å². The zero-order chi connectivity index (χ0) is 22.3. The van der Waals surface area contributed by atoms with Gasteiger partial charge in [-0.15, -0.1) is 24.0 Å². The fourth-order valence-electron chi connectivity index (χ4n) is 3.74. The van der Waals surface area contributed by atoms with E-state index in [1.807, 2.05) is 18.2 Å². The third-order valence-corrected chi connectivity index (χ3v) is 7.49. The van der Waals surface area contributed by atoms with Crippen molar-refractivity contribution in [2.75, 3.05) is 34.2 Å². The van der Waals surface area contributed by atoms with Gasteiger partial charge in [0.1, 0.15) is 0 Å². The number of benzene rings is 2. The minimum Gasteiger partial charge on any atom is -0.354 e. The molecule has 3 rings (SSSR count). The molecule has 0 unspecified atom stereocenters. The van der Waals surface area contributed by atoms with Crippen LogP contribution in [0.5, 0.6) is 0 Å². The van der Waals surface area contributed by atoms with Crippen LogP contribution in [0.2, 0.25) is 0 Å². The van der Waals surface area contributed by atoms with Crippen molar-refractivity contribution < 1.29 is 8.42 Å². The van der Waals surface area contributed by atoms with Crippen LogP contribution in [0.25, 0.3) is 0 Å². The van der Waals surface area contributed by atoms with E-state index < -0.39 is 10.0 Å². The molecule has 1 aliphatic rings. The standard InChI is InChI=1S/C23H33N5O2S.HI/c1-24-23(25-17-20-11-7-8-12-22(20)31(29,30)27(2)3)26-21-13-15-28(16-14-21)18-19-9-5-4-6-10-19;/h4-12,21H,13-18H2,1-3H3,(H2,24,25,26);1H. The minimum absolute atomic E-state index is 0. The van der Waals surface area contributed by atoms with Crippen LogP contribution in [-0.4, -0.2) is 63.9 Å². The van der Waals surface area contributed by atoms with Gasteiger partial charge in [-0.3, -0.25) is 9.89 Å². The van der Waals surface area contributed by atoms with Crippen LogP contribution in [0.1, 0.15) is 24.0 Å². The summed E-state index contributed by atoms with van der Waals surface area (Å²) in [4.78, 5) is 7.13. The highest BCUT2D eigenvalue weighted by molar-refractivity contribution is 14.0. The van der Waals surface area contributed by atoms with Crippen LogP contribution in [-0.2, 0) is 23.1 Å². The van der Waals surface area contributed by atoms with Crippen molar-refractivity contribution in [3.63, 3.8) is 0 Å². The number of sulfonamides is 1. The molecule has 0 spiro atoms. The molecule has 176 valence electrons. The topological polar surface area (TPSA) is 77.0 Å². The molecule has 7 nitrogen and oxygen atoms in total. The Morgan fingerprint density at radius 1 is 1.06 bits per heavy atom. The highest BCUT2D eigenvalue weighted by Gasteiger charge is 2.22. The van der Waals surface area contributed by atoms with Crippen molar-refractivity contribution >= 4 is 40.0 Å². The Balaban J connectivity index is 0.00000363. The van der Waals surface area contributed by atoms with Gasteiger partial charge in [-0.2, -0.15) is 0 Å². The van der Waals surface area contributed by atoms with Crippen LogP contribution in [0.4, 0.5) is 0 Å². The summed E-state index contributed by atoms with van der Waals surface area (Å²) in [5, 5.41) is 6.77. The lowest BCUT2D eigenvalue weighted by Crippen LogP contribution is -2.48. The van der Waals surface area contributed by atoms with Gasteiger partial charge in [0.05, 0.1) is 4.90 Å². The summed E-state index contributed by atoms with van der Waals surface area (Å²) >= 11 is 0. The Morgan fingerprint density at radius 2 is 1.69 bits per heavy atom. The summed E-state index contributed by atoms with van der Waals surface area (Å²) in [6.45, 7) is 3.44. The lowest BCUT2D eigenvalue weighted by atomic mass is 10.0. The maximum atomic E-state index is 12.6. The summed E-state index contributed by atoms with van der Waals surface area (Å²) in [5.74, 6) is 0.693. The average molecular weight is 572 g/mol. The monoisotopic (exact) mass is 571 g/mol. The molecule has 0 atom stereocenters. The van der Waals surface area contributed by atoms with Gasteiger partial charge < -0.3 is 10.6 Å². The van der Waals surface area contributed by atoms with Crippen LogP contribution in [0.3, 0.4) is 0 Å². The van der Waals surface area contributed by atoms with Crippen molar-refractivity contribution in [1.82, 2.24) is 19.8 Å². The highest BCUT2D eigenvalue weighted by Crippen LogP contribution is 2.18. The third kappa shape index (κ3) is 7.16. The third-order valence-electron chi connectivity index (χ3n) is 5.58. The van der Waals surface area contributed by atoms with Crippen LogP contribution < -0.4 is 10.6 Å². The first-order valence-electron chi connectivity index (χ1n) is 10.6. The summed E-state index contributed by atoms with van der Waals surface area (Å²) in [5.41, 5.74) is 2.06. The van der Waals surface area contributed by atoms with Gasteiger partial charge in [-0.1, -0.05) is 48.5 Å². The molecular weight excluding hydrogens is 537 g/mol. The lowest BCUT2D eigenvalue weighted by molar-refractivity contribution is 0.198. The average Bonchev–Trinajstić information content (AvgIpc) is 2.78. The molecule has 0 bridgehead atoms. The first-order chi connectivity index (χ1) is 14.9. The Labute approximate surface area is 209 Å². The molecular formula is C23H34IN5O2S. The van der Waals surface area contributed by atoms with E-state index in [4.69, 9.17) is 0 Å². The van der Waals surface area contributed by atoms with E-state index in [2.05, 4.69) is 44.8 Å². The quantitative estimate of drug-likeness (QED) is 0.304. The number of halogens is 1. The molecule has 0 radical (unpaired) electrons. The molecule has 1 aliphatic heterocycles. The predicted octanol–water partition coefficient (Wildman–Crippen LogP) is 2.88. The normalized spacial score (nSPS) is 15.9. The maximum absolute atomic E-state index is 12.6. The molecule has 1 fully saturated rings. The molecule has 2 N–H and O–H groups in total. The second kappa shape index (κ2) is 12.5. The fourth-order valence-corrected chi connectivity index (χ4v) is 4.86. The molecule has 9 heteroatoms. The Bertz CT molecular complexity index is 975. The second-order valence-corrected chi connectivity index (χ2v) is 10.1. The van der Waals surface area contributed by atoms with Crippen molar-refractivity contribution in [2.45, 2.75) is 36.9 Å². The summed E-state index contributed by atoms with van der Waals surface area (Å²) in [6, 6.07) is 18.0. The van der Waals surface area contributed by atoms with Crippen molar-refractivity contribution in [1.29, 1.82) is 0 Å². The van der Waals surface area contributed by atoms with Gasteiger partial charge in [-0.05, 0) is 30.0 Å². The lowest BCUT2D eigenvalue weighted by Gasteiger charge is -2.33. The molecule has 1 heterocycles. The van der Waals surface area contributed by atoms with Gasteiger partial charge in [0, 0.05) is 53.4 Å². The van der Waals surface area contributed by atoms with Crippen LogP contribution in [0, 0.1) is 0 Å². The second-order valence-electron chi connectivity index (χ2n) is 8.00. The molecule has 0 saturated carbocycles. The van der Waals surface area contributed by atoms with E-state index >= 15 is 0 Å². The van der Waals surface area contributed by atoms with Crippen molar-refractivity contribution in [3.8, 4) is 0 Å². The van der Waals surface area contributed by atoms with Gasteiger partial charge in [0.2, 0.25) is 10.0 Å². The van der Waals surface area contributed by atoms with Crippen molar-refractivity contribution in [3.05, 3.63) is 65.7 Å². The number of aliphatic imine (C=N–C) groups is 1. The summed E-state index contributed by atoms with van der Waals surface area (Å²) in [7, 11) is 1.34. The molecule has 0 aliphatic carbocycles. The van der Waals surface area contributed by atoms with Crippen LogP contribution in [0.15, 0.2) is 64.5 Å². The van der Waals surface area contributed by atoms with Gasteiger partial charge in [-0.25, -0.2) is 12.7 Å². The van der Waals surface area contributed by atoms with E-state index in [0.29, 0.717) is 23.4 Å². The van der Waals surface area contributed by atoms with E-state index in [9.17, 15) is 8.42 Å². The number of nitrogens with zero attached hydrogens (tertiary/aromatic N) is 3. The number of rotatable bonds is 7. The van der Waals surface area contributed by atoms with Gasteiger partial charge in [0.25, 0.3) is 0 Å². The number of guanidine groups is 1. The molecule has 32 heavy (non-hydrogen) atoms. The first-order valence-corrected chi connectivity index (χ1v) is 12.1. The van der Waals surface area contributed by atoms with E-state index in [1.54, 1.807) is 33.3 Å². The number of nitrogens with one attached hydrogen (secondary N) is 2. The molecule has 1 saturated heterocycles. The fraction of sp³-hybridized carbons (Fsp3) is 0.435. The Hall–Kier alpha value is -1.69. The zero-order valence-corrected chi connectivity index (χ0v) is 22.1. The van der Waals surface area contributed by atoms with E-state index in [-0.39, 0.29) is 24.0 Å². The predicted molar refractivity (Wildman–Crippen MR) is 141 cm³/mol. The number of hydrogen-bond donors (Lipinski definition) is 2. The number of hydrogen-bond acceptors (Lipinski definition) is 4. The van der Waals surface area contributed by atoms with Gasteiger partial charge >= 0.3 is 0 Å². The smallest absolute Gasteiger partial charge is 0.242 e.